The molecule has 2 unspecified atom stereocenters. The van der Waals surface area contributed by atoms with Crippen LogP contribution in [0.5, 0.6) is 0 Å². The zero-order valence-corrected chi connectivity index (χ0v) is 13.9. The van der Waals surface area contributed by atoms with Gasteiger partial charge in [-0.1, -0.05) is 13.8 Å². The van der Waals surface area contributed by atoms with Crippen LogP contribution >= 0.6 is 0 Å². The SMILES string of the molecule is CCC1(CC)CN(CC2CN3CCCC3CO2)CCCN1. The molecule has 0 aromatic rings. The van der Waals surface area contributed by atoms with E-state index in [9.17, 15) is 0 Å². The summed E-state index contributed by atoms with van der Waals surface area (Å²) in [5.41, 5.74) is 0.321. The van der Waals surface area contributed by atoms with Crippen LogP contribution in [0.3, 0.4) is 0 Å². The van der Waals surface area contributed by atoms with Gasteiger partial charge in [0.05, 0.1) is 12.7 Å². The number of morpholine rings is 1. The van der Waals surface area contributed by atoms with Crippen LogP contribution in [0.4, 0.5) is 0 Å². The predicted molar refractivity (Wildman–Crippen MR) is 86.7 cm³/mol. The minimum atomic E-state index is 0.321. The third-order valence-corrected chi connectivity index (χ3v) is 5.95. The zero-order valence-electron chi connectivity index (χ0n) is 13.9. The molecular formula is C17H33N3O. The van der Waals surface area contributed by atoms with Crippen LogP contribution in [-0.4, -0.2) is 73.4 Å². The van der Waals surface area contributed by atoms with Gasteiger partial charge in [-0.3, -0.25) is 9.80 Å². The Balaban J connectivity index is 1.56. The van der Waals surface area contributed by atoms with E-state index in [2.05, 4.69) is 29.0 Å². The van der Waals surface area contributed by atoms with Gasteiger partial charge in [0.25, 0.3) is 0 Å². The van der Waals surface area contributed by atoms with Crippen LogP contribution in [0.25, 0.3) is 0 Å². The number of hydrogen-bond donors (Lipinski definition) is 1. The molecule has 1 N–H and O–H groups in total. The standard InChI is InChI=1S/C17H33N3O/c1-3-17(4-2)14-19(9-6-8-18-17)11-16-12-20-10-5-7-15(20)13-21-16/h15-16,18H,3-14H2,1-2H3. The molecule has 4 heteroatoms. The summed E-state index contributed by atoms with van der Waals surface area (Å²) < 4.78 is 6.17. The molecule has 3 saturated heterocycles. The summed E-state index contributed by atoms with van der Waals surface area (Å²) in [5.74, 6) is 0. The highest BCUT2D eigenvalue weighted by molar-refractivity contribution is 4.93. The molecule has 122 valence electrons. The van der Waals surface area contributed by atoms with E-state index in [1.54, 1.807) is 0 Å². The maximum absolute atomic E-state index is 6.17. The van der Waals surface area contributed by atoms with Gasteiger partial charge in [-0.25, -0.2) is 0 Å². The number of nitrogens with zero attached hydrogens (tertiary/aromatic N) is 2. The van der Waals surface area contributed by atoms with E-state index >= 15 is 0 Å². The molecule has 0 aliphatic carbocycles. The van der Waals surface area contributed by atoms with Gasteiger partial charge in [-0.2, -0.15) is 0 Å². The van der Waals surface area contributed by atoms with Gasteiger partial charge in [0, 0.05) is 31.2 Å². The first-order valence-corrected chi connectivity index (χ1v) is 9.08. The minimum absolute atomic E-state index is 0.321. The fourth-order valence-corrected chi connectivity index (χ4v) is 4.38. The lowest BCUT2D eigenvalue weighted by Gasteiger charge is -2.40. The van der Waals surface area contributed by atoms with E-state index < -0.39 is 0 Å². The molecule has 0 radical (unpaired) electrons. The topological polar surface area (TPSA) is 27.7 Å². The zero-order chi connectivity index (χ0) is 14.7. The lowest BCUT2D eigenvalue weighted by Crippen LogP contribution is -2.54. The van der Waals surface area contributed by atoms with E-state index in [0.717, 1.165) is 32.3 Å². The molecular weight excluding hydrogens is 262 g/mol. The lowest BCUT2D eigenvalue weighted by molar-refractivity contribution is -0.0625. The highest BCUT2D eigenvalue weighted by atomic mass is 16.5. The van der Waals surface area contributed by atoms with Crippen LogP contribution in [0, 0.1) is 0 Å². The van der Waals surface area contributed by atoms with Crippen molar-refractivity contribution >= 4 is 0 Å². The van der Waals surface area contributed by atoms with Crippen molar-refractivity contribution in [3.8, 4) is 0 Å². The Morgan fingerprint density at radius 2 is 2.05 bits per heavy atom. The van der Waals surface area contributed by atoms with Crippen molar-refractivity contribution in [2.45, 2.75) is 63.6 Å². The Hall–Kier alpha value is -0.160. The Labute approximate surface area is 130 Å². The maximum Gasteiger partial charge on any atom is 0.0829 e. The Morgan fingerprint density at radius 3 is 2.86 bits per heavy atom. The summed E-state index contributed by atoms with van der Waals surface area (Å²) in [6, 6.07) is 0.720. The molecule has 3 aliphatic heterocycles. The summed E-state index contributed by atoms with van der Waals surface area (Å²) in [6.07, 6.45) is 6.84. The van der Waals surface area contributed by atoms with Crippen LogP contribution in [-0.2, 0) is 4.74 Å². The van der Waals surface area contributed by atoms with E-state index in [-0.39, 0.29) is 0 Å². The maximum atomic E-state index is 6.17. The summed E-state index contributed by atoms with van der Waals surface area (Å²) >= 11 is 0. The van der Waals surface area contributed by atoms with Gasteiger partial charge in [0.15, 0.2) is 0 Å². The third-order valence-electron chi connectivity index (χ3n) is 5.95. The number of hydrogen-bond acceptors (Lipinski definition) is 4. The van der Waals surface area contributed by atoms with Gasteiger partial charge in [-0.05, 0) is 51.7 Å². The molecule has 3 heterocycles. The van der Waals surface area contributed by atoms with Crippen molar-refractivity contribution < 1.29 is 4.74 Å². The minimum Gasteiger partial charge on any atom is -0.374 e. The fourth-order valence-electron chi connectivity index (χ4n) is 4.38. The summed E-state index contributed by atoms with van der Waals surface area (Å²) in [4.78, 5) is 5.32. The van der Waals surface area contributed by atoms with Gasteiger partial charge in [-0.15, -0.1) is 0 Å². The highest BCUT2D eigenvalue weighted by Crippen LogP contribution is 2.24. The molecule has 3 fully saturated rings. The molecule has 0 aromatic carbocycles. The highest BCUT2D eigenvalue weighted by Gasteiger charge is 2.35. The summed E-state index contributed by atoms with van der Waals surface area (Å²) in [6.45, 7) is 12.7. The first-order chi connectivity index (χ1) is 10.2. The second kappa shape index (κ2) is 6.95. The van der Waals surface area contributed by atoms with Gasteiger partial charge in [0.1, 0.15) is 0 Å². The molecule has 2 atom stereocenters. The number of fused-ring (bicyclic) bond motifs is 1. The van der Waals surface area contributed by atoms with E-state index in [0.29, 0.717) is 11.6 Å². The van der Waals surface area contributed by atoms with Gasteiger partial charge >= 0.3 is 0 Å². The summed E-state index contributed by atoms with van der Waals surface area (Å²) in [7, 11) is 0. The molecule has 21 heavy (non-hydrogen) atoms. The first-order valence-electron chi connectivity index (χ1n) is 9.08. The second-order valence-electron chi connectivity index (χ2n) is 7.25. The Bertz CT molecular complexity index is 332. The normalized spacial score (nSPS) is 34.6. The van der Waals surface area contributed by atoms with Crippen molar-refractivity contribution in [3.63, 3.8) is 0 Å². The van der Waals surface area contributed by atoms with Gasteiger partial charge in [0.2, 0.25) is 0 Å². The van der Waals surface area contributed by atoms with Crippen LogP contribution in [0.2, 0.25) is 0 Å². The van der Waals surface area contributed by atoms with Crippen LogP contribution in [0.1, 0.15) is 46.0 Å². The first kappa shape index (κ1) is 15.7. The fraction of sp³-hybridized carbons (Fsp3) is 1.00. The molecule has 4 nitrogen and oxygen atoms in total. The molecule has 0 spiro atoms. The average molecular weight is 295 g/mol. The molecule has 0 amide bonds. The smallest absolute Gasteiger partial charge is 0.0829 e. The Morgan fingerprint density at radius 1 is 1.19 bits per heavy atom. The number of nitrogens with one attached hydrogen (secondary N) is 1. The lowest BCUT2D eigenvalue weighted by atomic mass is 9.92. The molecule has 3 aliphatic rings. The van der Waals surface area contributed by atoms with Crippen molar-refractivity contribution in [2.75, 3.05) is 45.9 Å². The van der Waals surface area contributed by atoms with E-state index in [1.807, 2.05) is 0 Å². The van der Waals surface area contributed by atoms with Crippen molar-refractivity contribution in [1.82, 2.24) is 15.1 Å². The van der Waals surface area contributed by atoms with Crippen molar-refractivity contribution in [1.29, 1.82) is 0 Å². The van der Waals surface area contributed by atoms with E-state index in [4.69, 9.17) is 4.74 Å². The molecule has 3 rings (SSSR count). The van der Waals surface area contributed by atoms with Gasteiger partial charge < -0.3 is 10.1 Å². The van der Waals surface area contributed by atoms with Crippen molar-refractivity contribution in [3.05, 3.63) is 0 Å². The molecule has 0 aromatic heterocycles. The predicted octanol–water partition coefficient (Wildman–Crippen LogP) is 1.70. The number of rotatable bonds is 4. The Kier molecular flexibility index (Phi) is 5.20. The quantitative estimate of drug-likeness (QED) is 0.854. The largest absolute Gasteiger partial charge is 0.374 e. The summed E-state index contributed by atoms with van der Waals surface area (Å²) in [5, 5.41) is 3.81. The van der Waals surface area contributed by atoms with Crippen LogP contribution in [0.15, 0.2) is 0 Å². The third kappa shape index (κ3) is 3.61. The monoisotopic (exact) mass is 295 g/mol. The number of ether oxygens (including phenoxy) is 1. The average Bonchev–Trinajstić information content (AvgIpc) is 2.87. The molecule has 0 saturated carbocycles. The molecule has 0 bridgehead atoms. The second-order valence-corrected chi connectivity index (χ2v) is 7.25. The van der Waals surface area contributed by atoms with E-state index in [1.165, 1.54) is 51.7 Å². The van der Waals surface area contributed by atoms with Crippen molar-refractivity contribution in [2.24, 2.45) is 0 Å². The van der Waals surface area contributed by atoms with Crippen LogP contribution < -0.4 is 5.32 Å².